The molecule has 0 saturated carbocycles. The second-order valence-corrected chi connectivity index (χ2v) is 7.44. The fourth-order valence-electron chi connectivity index (χ4n) is 3.87. The molecular weight excluding hydrogens is 430 g/mol. The Kier molecular flexibility index (Phi) is 6.27. The van der Waals surface area contributed by atoms with Crippen LogP contribution in [0, 0.1) is 19.7 Å². The van der Waals surface area contributed by atoms with Crippen molar-refractivity contribution >= 4 is 22.8 Å². The zero-order valence-corrected chi connectivity index (χ0v) is 17.3. The summed E-state index contributed by atoms with van der Waals surface area (Å²) in [5.74, 6) is -4.09. The number of carboxylic acids is 1. The highest BCUT2D eigenvalue weighted by Gasteiger charge is 2.38. The maximum absolute atomic E-state index is 14.8. The van der Waals surface area contributed by atoms with Crippen molar-refractivity contribution in [2.24, 2.45) is 5.73 Å². The number of amides is 1. The number of carbonyl (C=O) groups excluding carboxylic acids is 1. The summed E-state index contributed by atoms with van der Waals surface area (Å²) in [6.45, 7) is 5.63. The van der Waals surface area contributed by atoms with Gasteiger partial charge in [0, 0.05) is 17.6 Å². The van der Waals surface area contributed by atoms with E-state index in [0.29, 0.717) is 5.52 Å². The van der Waals surface area contributed by atoms with Crippen molar-refractivity contribution in [2.45, 2.75) is 33.0 Å². The third-order valence-corrected chi connectivity index (χ3v) is 5.45. The van der Waals surface area contributed by atoms with Gasteiger partial charge in [0.2, 0.25) is 0 Å². The monoisotopic (exact) mass is 451 g/mol. The summed E-state index contributed by atoms with van der Waals surface area (Å²) < 4.78 is 46.5. The van der Waals surface area contributed by atoms with Crippen molar-refractivity contribution < 1.29 is 32.3 Å². The molecule has 0 fully saturated rings. The van der Waals surface area contributed by atoms with Gasteiger partial charge in [-0.3, -0.25) is 4.79 Å². The molecule has 5 N–H and O–H groups in total. The molecule has 1 aliphatic heterocycles. The number of aliphatic carboxylic acids is 1. The van der Waals surface area contributed by atoms with Crippen LogP contribution in [0.25, 0.3) is 22.0 Å². The average molecular weight is 451 g/mol. The van der Waals surface area contributed by atoms with Gasteiger partial charge in [0.1, 0.15) is 5.82 Å². The normalized spacial score (nSPS) is 13.3. The van der Waals surface area contributed by atoms with Crippen molar-refractivity contribution in [1.82, 2.24) is 10.3 Å². The fourth-order valence-corrected chi connectivity index (χ4v) is 3.87. The van der Waals surface area contributed by atoms with E-state index in [1.165, 1.54) is 17.2 Å². The molecule has 32 heavy (non-hydrogen) atoms. The number of nitrogens with two attached hydrogens (primary N) is 1. The van der Waals surface area contributed by atoms with Crippen LogP contribution in [0.5, 0.6) is 0 Å². The SMILES string of the molecule is Cc1[nH]c2c(C(N)=O)c(F)cc(-c3cccc4c3CCNC4)c2c1C.O=C(O)C(F)(F)F. The van der Waals surface area contributed by atoms with E-state index in [4.69, 9.17) is 15.6 Å². The zero-order valence-electron chi connectivity index (χ0n) is 17.3. The predicted molar refractivity (Wildman–Crippen MR) is 111 cm³/mol. The van der Waals surface area contributed by atoms with Crippen LogP contribution in [0.1, 0.15) is 32.7 Å². The molecule has 170 valence electrons. The van der Waals surface area contributed by atoms with Crippen LogP contribution >= 0.6 is 0 Å². The molecule has 0 bridgehead atoms. The smallest absolute Gasteiger partial charge is 0.475 e. The number of nitrogens with one attached hydrogen (secondary N) is 2. The van der Waals surface area contributed by atoms with Crippen molar-refractivity contribution in [2.75, 3.05) is 6.54 Å². The van der Waals surface area contributed by atoms with Gasteiger partial charge in [0.15, 0.2) is 0 Å². The van der Waals surface area contributed by atoms with Crippen LogP contribution < -0.4 is 11.1 Å². The number of carboxylic acid groups (broad SMARTS) is 1. The van der Waals surface area contributed by atoms with E-state index in [9.17, 15) is 22.4 Å². The van der Waals surface area contributed by atoms with Gasteiger partial charge in [-0.25, -0.2) is 9.18 Å². The lowest BCUT2D eigenvalue weighted by molar-refractivity contribution is -0.192. The Hall–Kier alpha value is -3.40. The Morgan fingerprint density at radius 3 is 2.41 bits per heavy atom. The lowest BCUT2D eigenvalue weighted by Gasteiger charge is -2.21. The minimum atomic E-state index is -5.08. The van der Waals surface area contributed by atoms with E-state index in [2.05, 4.69) is 16.4 Å². The van der Waals surface area contributed by atoms with Crippen LogP contribution in [0.4, 0.5) is 17.6 Å². The Morgan fingerprint density at radius 2 is 1.81 bits per heavy atom. The van der Waals surface area contributed by atoms with Gasteiger partial charge in [-0.1, -0.05) is 18.2 Å². The minimum absolute atomic E-state index is 0.0681. The van der Waals surface area contributed by atoms with Crippen LogP contribution in [-0.2, 0) is 17.8 Å². The molecule has 0 spiro atoms. The number of aryl methyl sites for hydroxylation is 2. The number of hydrogen-bond acceptors (Lipinski definition) is 3. The number of hydrogen-bond donors (Lipinski definition) is 4. The second-order valence-electron chi connectivity index (χ2n) is 7.44. The van der Waals surface area contributed by atoms with E-state index in [1.54, 1.807) is 0 Å². The molecular formula is C22H21F4N3O3. The molecule has 6 nitrogen and oxygen atoms in total. The van der Waals surface area contributed by atoms with Gasteiger partial charge in [-0.2, -0.15) is 13.2 Å². The van der Waals surface area contributed by atoms with Crippen LogP contribution in [0.3, 0.4) is 0 Å². The Bertz CT molecular complexity index is 1220. The molecule has 1 amide bonds. The van der Waals surface area contributed by atoms with E-state index in [-0.39, 0.29) is 5.56 Å². The van der Waals surface area contributed by atoms with Crippen molar-refractivity contribution in [3.8, 4) is 11.1 Å². The van der Waals surface area contributed by atoms with Crippen LogP contribution in [-0.4, -0.2) is 34.7 Å². The summed E-state index contributed by atoms with van der Waals surface area (Å²) in [4.78, 5) is 23.8. The third kappa shape index (κ3) is 4.31. The number of halogens is 4. The molecule has 0 radical (unpaired) electrons. The van der Waals surface area contributed by atoms with E-state index >= 15 is 0 Å². The molecule has 0 saturated heterocycles. The Morgan fingerprint density at radius 1 is 1.16 bits per heavy atom. The lowest BCUT2D eigenvalue weighted by atomic mass is 9.88. The molecule has 2 aromatic carbocycles. The number of benzene rings is 2. The zero-order chi connectivity index (χ0) is 23.8. The molecule has 0 unspecified atom stereocenters. The first-order chi connectivity index (χ1) is 14.9. The molecule has 0 aliphatic carbocycles. The number of carbonyl (C=O) groups is 2. The van der Waals surface area contributed by atoms with Crippen molar-refractivity contribution in [3.05, 3.63) is 58.0 Å². The number of primary amides is 1. The highest BCUT2D eigenvalue weighted by atomic mass is 19.4. The standard InChI is InChI=1S/C20H20FN3O.C2HF3O2/c1-10-11(2)24-19-17(10)15(8-16(21)18(19)20(22)25)14-5-3-4-12-9-23-7-6-13(12)14;3-2(4,5)1(6)7/h3-5,8,23-24H,6-7,9H2,1-2H3,(H2,22,25);(H,6,7). The van der Waals surface area contributed by atoms with Crippen LogP contribution in [0.15, 0.2) is 24.3 Å². The van der Waals surface area contributed by atoms with Gasteiger partial charge < -0.3 is 21.1 Å². The molecule has 1 aliphatic rings. The second kappa shape index (κ2) is 8.62. The van der Waals surface area contributed by atoms with Gasteiger partial charge >= 0.3 is 12.1 Å². The number of rotatable bonds is 2. The summed E-state index contributed by atoms with van der Waals surface area (Å²) in [7, 11) is 0. The largest absolute Gasteiger partial charge is 0.490 e. The molecule has 1 aromatic heterocycles. The van der Waals surface area contributed by atoms with E-state index in [0.717, 1.165) is 47.3 Å². The minimum Gasteiger partial charge on any atom is -0.475 e. The number of aromatic amines is 1. The van der Waals surface area contributed by atoms with Crippen molar-refractivity contribution in [3.63, 3.8) is 0 Å². The van der Waals surface area contributed by atoms with Gasteiger partial charge in [-0.15, -0.1) is 0 Å². The molecule has 2 heterocycles. The van der Waals surface area contributed by atoms with Crippen molar-refractivity contribution in [1.29, 1.82) is 0 Å². The summed E-state index contributed by atoms with van der Waals surface area (Å²) >= 11 is 0. The fraction of sp³-hybridized carbons (Fsp3) is 0.273. The number of fused-ring (bicyclic) bond motifs is 2. The quantitative estimate of drug-likeness (QED) is 0.442. The summed E-state index contributed by atoms with van der Waals surface area (Å²) in [5, 5.41) is 11.4. The first kappa shape index (κ1) is 23.3. The molecule has 3 aromatic rings. The highest BCUT2D eigenvalue weighted by molar-refractivity contribution is 6.11. The first-order valence-electron chi connectivity index (χ1n) is 9.66. The maximum Gasteiger partial charge on any atom is 0.490 e. The predicted octanol–water partition coefficient (Wildman–Crippen LogP) is 3.97. The Labute approximate surface area is 180 Å². The number of alkyl halides is 3. The van der Waals surface area contributed by atoms with E-state index in [1.807, 2.05) is 26.0 Å². The lowest BCUT2D eigenvalue weighted by Crippen LogP contribution is -2.24. The number of H-pyrrole nitrogens is 1. The van der Waals surface area contributed by atoms with Gasteiger partial charge in [-0.05, 0) is 60.7 Å². The van der Waals surface area contributed by atoms with Gasteiger partial charge in [0.25, 0.3) is 5.91 Å². The number of aromatic nitrogens is 1. The highest BCUT2D eigenvalue weighted by Crippen LogP contribution is 2.38. The first-order valence-corrected chi connectivity index (χ1v) is 9.66. The molecule has 10 heteroatoms. The average Bonchev–Trinajstić information content (AvgIpc) is 3.00. The molecule has 4 rings (SSSR count). The summed E-state index contributed by atoms with van der Waals surface area (Å²) in [5.41, 5.74) is 12.1. The summed E-state index contributed by atoms with van der Waals surface area (Å²) in [6.07, 6.45) is -4.19. The third-order valence-electron chi connectivity index (χ3n) is 5.45. The topological polar surface area (TPSA) is 108 Å². The summed E-state index contributed by atoms with van der Waals surface area (Å²) in [6, 6.07) is 7.59. The van der Waals surface area contributed by atoms with Gasteiger partial charge in [0.05, 0.1) is 11.1 Å². The van der Waals surface area contributed by atoms with Crippen LogP contribution in [0.2, 0.25) is 0 Å². The van der Waals surface area contributed by atoms with E-state index < -0.39 is 23.9 Å². The Balaban J connectivity index is 0.000000360. The molecule has 0 atom stereocenters. The maximum atomic E-state index is 14.8.